The number of anilines is 1. The highest BCUT2D eigenvalue weighted by Crippen LogP contribution is 2.38. The van der Waals surface area contributed by atoms with E-state index < -0.39 is 0 Å². The molecular weight excluding hydrogens is 208 g/mol. The van der Waals surface area contributed by atoms with Crippen molar-refractivity contribution in [1.29, 1.82) is 0 Å². The van der Waals surface area contributed by atoms with Gasteiger partial charge in [0, 0.05) is 12.2 Å². The molecule has 0 heterocycles. The van der Waals surface area contributed by atoms with Gasteiger partial charge in [0.1, 0.15) is 0 Å². The zero-order chi connectivity index (χ0) is 12.1. The van der Waals surface area contributed by atoms with Gasteiger partial charge >= 0.3 is 0 Å². The van der Waals surface area contributed by atoms with Gasteiger partial charge in [-0.25, -0.2) is 0 Å². The van der Waals surface area contributed by atoms with Crippen molar-refractivity contribution in [2.24, 2.45) is 17.1 Å². The summed E-state index contributed by atoms with van der Waals surface area (Å²) in [6.07, 6.45) is 5.19. The molecule has 1 aliphatic rings. The SMILES string of the molecule is CC1CCC(CN)(CNc2ccccc2)CC1. The molecule has 0 saturated heterocycles. The van der Waals surface area contributed by atoms with Gasteiger partial charge in [0.15, 0.2) is 0 Å². The Hall–Kier alpha value is -1.02. The summed E-state index contributed by atoms with van der Waals surface area (Å²) >= 11 is 0. The molecule has 1 aromatic carbocycles. The Morgan fingerprint density at radius 1 is 1.24 bits per heavy atom. The number of benzene rings is 1. The molecule has 0 spiro atoms. The predicted octanol–water partition coefficient (Wildman–Crippen LogP) is 3.25. The van der Waals surface area contributed by atoms with Crippen LogP contribution in [0.15, 0.2) is 30.3 Å². The van der Waals surface area contributed by atoms with Gasteiger partial charge in [0.25, 0.3) is 0 Å². The lowest BCUT2D eigenvalue weighted by Crippen LogP contribution is -2.40. The van der Waals surface area contributed by atoms with Gasteiger partial charge in [-0.15, -0.1) is 0 Å². The quantitative estimate of drug-likeness (QED) is 0.836. The summed E-state index contributed by atoms with van der Waals surface area (Å²) < 4.78 is 0. The van der Waals surface area contributed by atoms with E-state index in [1.165, 1.54) is 31.4 Å². The lowest BCUT2D eigenvalue weighted by Gasteiger charge is -2.39. The number of nitrogens with two attached hydrogens (primary N) is 1. The van der Waals surface area contributed by atoms with Crippen molar-refractivity contribution in [2.75, 3.05) is 18.4 Å². The molecule has 17 heavy (non-hydrogen) atoms. The smallest absolute Gasteiger partial charge is 0.0340 e. The van der Waals surface area contributed by atoms with E-state index in [1.807, 2.05) is 6.07 Å². The highest BCUT2D eigenvalue weighted by molar-refractivity contribution is 5.42. The number of hydrogen-bond donors (Lipinski definition) is 2. The molecule has 2 heteroatoms. The Bertz CT molecular complexity index is 326. The van der Waals surface area contributed by atoms with Crippen molar-refractivity contribution in [2.45, 2.75) is 32.6 Å². The van der Waals surface area contributed by atoms with E-state index in [1.54, 1.807) is 0 Å². The maximum atomic E-state index is 6.01. The third-order valence-electron chi connectivity index (χ3n) is 4.21. The second kappa shape index (κ2) is 5.54. The van der Waals surface area contributed by atoms with Gasteiger partial charge in [-0.05, 0) is 42.9 Å². The van der Waals surface area contributed by atoms with Gasteiger partial charge in [-0.1, -0.05) is 38.0 Å². The van der Waals surface area contributed by atoms with Crippen molar-refractivity contribution in [3.63, 3.8) is 0 Å². The van der Waals surface area contributed by atoms with Crippen molar-refractivity contribution >= 4 is 5.69 Å². The second-order valence-electron chi connectivity index (χ2n) is 5.61. The van der Waals surface area contributed by atoms with E-state index in [2.05, 4.69) is 36.5 Å². The molecule has 2 nitrogen and oxygen atoms in total. The van der Waals surface area contributed by atoms with E-state index in [4.69, 9.17) is 5.73 Å². The average molecular weight is 232 g/mol. The predicted molar refractivity (Wildman–Crippen MR) is 74.1 cm³/mol. The zero-order valence-corrected chi connectivity index (χ0v) is 10.8. The fraction of sp³-hybridized carbons (Fsp3) is 0.600. The number of hydrogen-bond acceptors (Lipinski definition) is 2. The van der Waals surface area contributed by atoms with Gasteiger partial charge in [-0.2, -0.15) is 0 Å². The molecule has 1 aliphatic carbocycles. The molecule has 0 aromatic heterocycles. The van der Waals surface area contributed by atoms with Gasteiger partial charge in [-0.3, -0.25) is 0 Å². The Kier molecular flexibility index (Phi) is 4.06. The zero-order valence-electron chi connectivity index (χ0n) is 10.8. The van der Waals surface area contributed by atoms with Gasteiger partial charge < -0.3 is 11.1 Å². The molecule has 0 aliphatic heterocycles. The molecular formula is C15H24N2. The van der Waals surface area contributed by atoms with Crippen LogP contribution in [0.3, 0.4) is 0 Å². The Morgan fingerprint density at radius 3 is 2.47 bits per heavy atom. The van der Waals surface area contributed by atoms with Crippen LogP contribution >= 0.6 is 0 Å². The van der Waals surface area contributed by atoms with E-state index >= 15 is 0 Å². The lowest BCUT2D eigenvalue weighted by atomic mass is 9.71. The first-order valence-corrected chi connectivity index (χ1v) is 6.73. The lowest BCUT2D eigenvalue weighted by molar-refractivity contribution is 0.178. The molecule has 0 atom stereocenters. The second-order valence-corrected chi connectivity index (χ2v) is 5.61. The minimum Gasteiger partial charge on any atom is -0.384 e. The number of nitrogens with one attached hydrogen (secondary N) is 1. The third kappa shape index (κ3) is 3.22. The summed E-state index contributed by atoms with van der Waals surface area (Å²) in [7, 11) is 0. The summed E-state index contributed by atoms with van der Waals surface area (Å²) in [5.74, 6) is 0.881. The normalized spacial score (nSPS) is 28.9. The molecule has 2 rings (SSSR count). The molecule has 0 amide bonds. The van der Waals surface area contributed by atoms with Crippen molar-refractivity contribution in [1.82, 2.24) is 0 Å². The molecule has 0 unspecified atom stereocenters. The van der Waals surface area contributed by atoms with Crippen LogP contribution in [0.4, 0.5) is 5.69 Å². The summed E-state index contributed by atoms with van der Waals surface area (Å²) in [6, 6.07) is 10.4. The Balaban J connectivity index is 1.91. The van der Waals surface area contributed by atoms with E-state index in [0.717, 1.165) is 19.0 Å². The number of rotatable bonds is 4. The summed E-state index contributed by atoms with van der Waals surface area (Å²) in [6.45, 7) is 4.17. The van der Waals surface area contributed by atoms with Crippen molar-refractivity contribution in [3.05, 3.63) is 30.3 Å². The van der Waals surface area contributed by atoms with Gasteiger partial charge in [0.2, 0.25) is 0 Å². The monoisotopic (exact) mass is 232 g/mol. The van der Waals surface area contributed by atoms with E-state index in [-0.39, 0.29) is 0 Å². The maximum absolute atomic E-state index is 6.01. The largest absolute Gasteiger partial charge is 0.384 e. The summed E-state index contributed by atoms with van der Waals surface area (Å²) in [5, 5.41) is 3.54. The van der Waals surface area contributed by atoms with Crippen LogP contribution in [0.1, 0.15) is 32.6 Å². The third-order valence-corrected chi connectivity index (χ3v) is 4.21. The average Bonchev–Trinajstić information content (AvgIpc) is 2.40. The first-order valence-electron chi connectivity index (χ1n) is 6.73. The highest BCUT2D eigenvalue weighted by atomic mass is 14.9. The van der Waals surface area contributed by atoms with Crippen LogP contribution in [-0.2, 0) is 0 Å². The van der Waals surface area contributed by atoms with E-state index in [0.29, 0.717) is 5.41 Å². The van der Waals surface area contributed by atoms with Crippen LogP contribution in [0.5, 0.6) is 0 Å². The Morgan fingerprint density at radius 2 is 1.88 bits per heavy atom. The molecule has 3 N–H and O–H groups in total. The summed E-state index contributed by atoms with van der Waals surface area (Å²) in [5.41, 5.74) is 7.54. The van der Waals surface area contributed by atoms with Crippen molar-refractivity contribution < 1.29 is 0 Å². The molecule has 94 valence electrons. The minimum absolute atomic E-state index is 0.322. The fourth-order valence-corrected chi connectivity index (χ4v) is 2.67. The molecule has 1 aromatic rings. The number of para-hydroxylation sites is 1. The first-order chi connectivity index (χ1) is 8.24. The van der Waals surface area contributed by atoms with Crippen molar-refractivity contribution in [3.8, 4) is 0 Å². The van der Waals surface area contributed by atoms with Crippen LogP contribution in [0.25, 0.3) is 0 Å². The summed E-state index contributed by atoms with van der Waals surface area (Å²) in [4.78, 5) is 0. The van der Waals surface area contributed by atoms with Crippen LogP contribution in [0.2, 0.25) is 0 Å². The van der Waals surface area contributed by atoms with Crippen LogP contribution in [0, 0.1) is 11.3 Å². The molecule has 0 bridgehead atoms. The Labute approximate surface area is 105 Å². The van der Waals surface area contributed by atoms with E-state index in [9.17, 15) is 0 Å². The molecule has 1 fully saturated rings. The standard InChI is InChI=1S/C15H24N2/c1-13-7-9-15(11-16,10-8-13)12-17-14-5-3-2-4-6-14/h2-6,13,17H,7-12,16H2,1H3. The topological polar surface area (TPSA) is 38.0 Å². The van der Waals surface area contributed by atoms with Crippen LogP contribution in [-0.4, -0.2) is 13.1 Å². The molecule has 1 saturated carbocycles. The highest BCUT2D eigenvalue weighted by Gasteiger charge is 2.32. The maximum Gasteiger partial charge on any atom is 0.0340 e. The van der Waals surface area contributed by atoms with Crippen LogP contribution < -0.4 is 11.1 Å². The molecule has 0 radical (unpaired) electrons. The minimum atomic E-state index is 0.322. The fourth-order valence-electron chi connectivity index (χ4n) is 2.67. The van der Waals surface area contributed by atoms with Gasteiger partial charge in [0.05, 0.1) is 0 Å². The first kappa shape index (κ1) is 12.4.